The molecule has 0 spiro atoms. The Bertz CT molecular complexity index is 1290. The summed E-state index contributed by atoms with van der Waals surface area (Å²) in [6.07, 6.45) is 0. The first-order chi connectivity index (χ1) is 13.5. The van der Waals surface area contributed by atoms with E-state index >= 15 is 0 Å². The second kappa shape index (κ2) is 6.67. The highest BCUT2D eigenvalue weighted by Gasteiger charge is 2.37. The summed E-state index contributed by atoms with van der Waals surface area (Å²) < 4.78 is 33.3. The number of aromatic nitrogens is 3. The molecule has 1 fully saturated rings. The largest absolute Gasteiger partial charge is 0.417 e. The maximum Gasteiger partial charge on any atom is 0.417 e. The minimum Gasteiger partial charge on any atom is -0.408 e. The van der Waals surface area contributed by atoms with Gasteiger partial charge in [0.05, 0.1) is 22.7 Å². The Hall–Kier alpha value is -2.72. The summed E-state index contributed by atoms with van der Waals surface area (Å²) >= 11 is 0. The number of oxazole rings is 1. The van der Waals surface area contributed by atoms with Crippen molar-refractivity contribution in [3.05, 3.63) is 56.9 Å². The Morgan fingerprint density at radius 1 is 1.17 bits per heavy atom. The predicted octanol–water partition coefficient (Wildman–Crippen LogP) is 1.30. The highest BCUT2D eigenvalue weighted by atomic mass is 32.2. The number of nitrogens with zero attached hydrogens (tertiary/aromatic N) is 3. The van der Waals surface area contributed by atoms with Gasteiger partial charge in [0.2, 0.25) is 10.0 Å². The SMILES string of the molecule is CC(C)(C)c1ccc(=O)n(CC2CN(S(=O)(=O)c3ccc4oc(=O)[nH]c4c3)C2)n1. The Balaban J connectivity index is 1.49. The van der Waals surface area contributed by atoms with Gasteiger partial charge in [-0.3, -0.25) is 9.78 Å². The minimum atomic E-state index is -3.69. The number of nitrogens with one attached hydrogen (secondary N) is 1. The van der Waals surface area contributed by atoms with Crippen LogP contribution in [-0.2, 0) is 22.0 Å². The second-order valence-corrected chi connectivity index (χ2v) is 10.3. The lowest BCUT2D eigenvalue weighted by Gasteiger charge is -2.38. The maximum atomic E-state index is 12.8. The van der Waals surface area contributed by atoms with Gasteiger partial charge in [-0.2, -0.15) is 9.40 Å². The maximum absolute atomic E-state index is 12.8. The molecule has 0 atom stereocenters. The standard InChI is InChI=1S/C19H22N4O5S/c1-19(2,3)16-6-7-17(24)23(21-16)11-12-9-22(10-12)29(26,27)13-4-5-15-14(8-13)20-18(25)28-15/h4-8,12H,9-11H2,1-3H3,(H,20,25). The van der Waals surface area contributed by atoms with Crippen LogP contribution in [0, 0.1) is 5.92 Å². The summed E-state index contributed by atoms with van der Waals surface area (Å²) in [5.41, 5.74) is 1.07. The number of sulfonamides is 1. The molecular formula is C19H22N4O5S. The van der Waals surface area contributed by atoms with E-state index < -0.39 is 15.8 Å². The van der Waals surface area contributed by atoms with Crippen LogP contribution in [0.25, 0.3) is 11.1 Å². The van der Waals surface area contributed by atoms with Crippen LogP contribution in [-0.4, -0.2) is 40.6 Å². The van der Waals surface area contributed by atoms with Gasteiger partial charge in [0.25, 0.3) is 5.56 Å². The smallest absolute Gasteiger partial charge is 0.408 e. The molecule has 10 heteroatoms. The van der Waals surface area contributed by atoms with Crippen LogP contribution in [0.1, 0.15) is 26.5 Å². The number of aromatic amines is 1. The van der Waals surface area contributed by atoms with Crippen molar-refractivity contribution in [2.24, 2.45) is 5.92 Å². The average Bonchev–Trinajstić information content (AvgIpc) is 2.97. The van der Waals surface area contributed by atoms with Crippen LogP contribution in [0.4, 0.5) is 0 Å². The van der Waals surface area contributed by atoms with E-state index in [0.29, 0.717) is 30.7 Å². The molecule has 3 aromatic rings. The molecule has 1 N–H and O–H groups in total. The normalized spacial score (nSPS) is 16.2. The van der Waals surface area contributed by atoms with Gasteiger partial charge in [-0.05, 0) is 24.3 Å². The zero-order valence-corrected chi connectivity index (χ0v) is 17.2. The summed E-state index contributed by atoms with van der Waals surface area (Å²) in [6.45, 7) is 7.03. The van der Waals surface area contributed by atoms with Crippen molar-refractivity contribution in [3.8, 4) is 0 Å². The fourth-order valence-electron chi connectivity index (χ4n) is 3.30. The number of hydrogen-bond donors (Lipinski definition) is 1. The Labute approximate surface area is 167 Å². The zero-order valence-electron chi connectivity index (χ0n) is 16.4. The molecule has 1 aliphatic rings. The van der Waals surface area contributed by atoms with E-state index in [1.54, 1.807) is 6.07 Å². The number of rotatable bonds is 4. The van der Waals surface area contributed by atoms with Crippen LogP contribution in [0.5, 0.6) is 0 Å². The summed E-state index contributed by atoms with van der Waals surface area (Å²) in [5, 5.41) is 4.44. The van der Waals surface area contributed by atoms with Crippen LogP contribution >= 0.6 is 0 Å². The van der Waals surface area contributed by atoms with Crippen molar-refractivity contribution in [3.63, 3.8) is 0 Å². The average molecular weight is 418 g/mol. The molecule has 1 aromatic carbocycles. The first-order valence-electron chi connectivity index (χ1n) is 9.26. The Morgan fingerprint density at radius 3 is 2.59 bits per heavy atom. The van der Waals surface area contributed by atoms with Crippen LogP contribution < -0.4 is 11.3 Å². The molecule has 0 amide bonds. The van der Waals surface area contributed by atoms with Crippen molar-refractivity contribution in [1.82, 2.24) is 19.1 Å². The topological polar surface area (TPSA) is 118 Å². The lowest BCUT2D eigenvalue weighted by Crippen LogP contribution is -2.52. The first-order valence-corrected chi connectivity index (χ1v) is 10.7. The number of benzene rings is 1. The number of hydrogen-bond acceptors (Lipinski definition) is 6. The van der Waals surface area contributed by atoms with Gasteiger partial charge < -0.3 is 4.42 Å². The first kappa shape index (κ1) is 19.6. The van der Waals surface area contributed by atoms with Crippen molar-refractivity contribution in [2.45, 2.75) is 37.6 Å². The van der Waals surface area contributed by atoms with E-state index in [1.165, 1.54) is 33.3 Å². The Kier molecular flexibility index (Phi) is 4.50. The van der Waals surface area contributed by atoms with E-state index in [-0.39, 0.29) is 21.8 Å². The third kappa shape index (κ3) is 3.65. The third-order valence-corrected chi connectivity index (χ3v) is 6.85. The zero-order chi connectivity index (χ0) is 21.0. The molecule has 0 saturated carbocycles. The molecule has 1 aliphatic heterocycles. The van der Waals surface area contributed by atoms with Crippen LogP contribution in [0.2, 0.25) is 0 Å². The van der Waals surface area contributed by atoms with Gasteiger partial charge in [-0.1, -0.05) is 20.8 Å². The fourth-order valence-corrected chi connectivity index (χ4v) is 4.92. The van der Waals surface area contributed by atoms with E-state index in [1.807, 2.05) is 20.8 Å². The molecule has 1 saturated heterocycles. The summed E-state index contributed by atoms with van der Waals surface area (Å²) in [7, 11) is -3.69. The molecule has 0 unspecified atom stereocenters. The van der Waals surface area contributed by atoms with Gasteiger partial charge in [0.1, 0.15) is 0 Å². The van der Waals surface area contributed by atoms with Gasteiger partial charge in [-0.25, -0.2) is 17.9 Å². The minimum absolute atomic E-state index is 0.00246. The van der Waals surface area contributed by atoms with E-state index in [2.05, 4.69) is 10.1 Å². The molecule has 9 nitrogen and oxygen atoms in total. The number of H-pyrrole nitrogens is 1. The molecule has 0 aliphatic carbocycles. The summed E-state index contributed by atoms with van der Waals surface area (Å²) in [4.78, 5) is 25.9. The lowest BCUT2D eigenvalue weighted by molar-refractivity contribution is 0.172. The molecule has 29 heavy (non-hydrogen) atoms. The molecule has 3 heterocycles. The van der Waals surface area contributed by atoms with Gasteiger partial charge in [0.15, 0.2) is 5.58 Å². The van der Waals surface area contributed by atoms with Gasteiger partial charge in [0, 0.05) is 30.5 Å². The van der Waals surface area contributed by atoms with Gasteiger partial charge in [-0.15, -0.1) is 0 Å². The molecule has 154 valence electrons. The summed E-state index contributed by atoms with van der Waals surface area (Å²) in [5.74, 6) is -0.628. The molecular weight excluding hydrogens is 396 g/mol. The molecule has 2 aromatic heterocycles. The quantitative estimate of drug-likeness (QED) is 0.682. The van der Waals surface area contributed by atoms with Crippen molar-refractivity contribution in [2.75, 3.05) is 13.1 Å². The fraction of sp³-hybridized carbons (Fsp3) is 0.421. The second-order valence-electron chi connectivity index (χ2n) is 8.35. The van der Waals surface area contributed by atoms with E-state index in [0.717, 1.165) is 5.69 Å². The highest BCUT2D eigenvalue weighted by molar-refractivity contribution is 7.89. The Morgan fingerprint density at radius 2 is 1.90 bits per heavy atom. The van der Waals surface area contributed by atoms with Crippen molar-refractivity contribution < 1.29 is 12.8 Å². The number of fused-ring (bicyclic) bond motifs is 1. The van der Waals surface area contributed by atoms with Crippen LogP contribution in [0.15, 0.2) is 49.2 Å². The highest BCUT2D eigenvalue weighted by Crippen LogP contribution is 2.27. The van der Waals surface area contributed by atoms with Gasteiger partial charge >= 0.3 is 5.76 Å². The van der Waals surface area contributed by atoms with E-state index in [4.69, 9.17) is 4.42 Å². The molecule has 0 bridgehead atoms. The van der Waals surface area contributed by atoms with E-state index in [9.17, 15) is 18.0 Å². The molecule has 4 rings (SSSR count). The summed E-state index contributed by atoms with van der Waals surface area (Å²) in [6, 6.07) is 7.50. The third-order valence-electron chi connectivity index (χ3n) is 5.02. The molecule has 0 radical (unpaired) electrons. The van der Waals surface area contributed by atoms with Crippen LogP contribution in [0.3, 0.4) is 0 Å². The van der Waals surface area contributed by atoms with Crippen molar-refractivity contribution >= 4 is 21.1 Å². The lowest BCUT2D eigenvalue weighted by atomic mass is 9.92. The predicted molar refractivity (Wildman–Crippen MR) is 106 cm³/mol. The monoisotopic (exact) mass is 418 g/mol. The van der Waals surface area contributed by atoms with Crippen molar-refractivity contribution in [1.29, 1.82) is 0 Å².